The van der Waals surface area contributed by atoms with Crippen LogP contribution in [-0.2, 0) is 16.1 Å². The SMILES string of the molecule is CC(C)(C)OC(=O)N1CCC[C@H](OCc2ccccc2)C1. The minimum absolute atomic E-state index is 0.0893. The molecular formula is C17H25NO3. The van der Waals surface area contributed by atoms with Crippen molar-refractivity contribution in [2.24, 2.45) is 0 Å². The number of carbonyl (C=O) groups is 1. The van der Waals surface area contributed by atoms with Gasteiger partial charge in [0.1, 0.15) is 5.60 Å². The van der Waals surface area contributed by atoms with Gasteiger partial charge >= 0.3 is 6.09 Å². The molecule has 0 unspecified atom stereocenters. The van der Waals surface area contributed by atoms with Crippen molar-refractivity contribution in [3.63, 3.8) is 0 Å². The zero-order valence-electron chi connectivity index (χ0n) is 13.2. The minimum Gasteiger partial charge on any atom is -0.444 e. The van der Waals surface area contributed by atoms with Crippen molar-refractivity contribution in [1.82, 2.24) is 4.90 Å². The molecule has 0 aliphatic carbocycles. The van der Waals surface area contributed by atoms with Crippen LogP contribution in [-0.4, -0.2) is 35.8 Å². The van der Waals surface area contributed by atoms with E-state index in [9.17, 15) is 4.79 Å². The molecule has 0 spiro atoms. The molecule has 4 heteroatoms. The summed E-state index contributed by atoms with van der Waals surface area (Å²) in [4.78, 5) is 13.8. The van der Waals surface area contributed by atoms with Crippen molar-refractivity contribution in [3.05, 3.63) is 35.9 Å². The maximum Gasteiger partial charge on any atom is 0.410 e. The smallest absolute Gasteiger partial charge is 0.410 e. The number of piperidine rings is 1. The quantitative estimate of drug-likeness (QED) is 0.854. The van der Waals surface area contributed by atoms with Crippen molar-refractivity contribution in [2.75, 3.05) is 13.1 Å². The molecule has 1 heterocycles. The number of hydrogen-bond acceptors (Lipinski definition) is 3. The van der Waals surface area contributed by atoms with Gasteiger partial charge in [-0.05, 0) is 39.2 Å². The van der Waals surface area contributed by atoms with E-state index in [1.54, 1.807) is 4.90 Å². The van der Waals surface area contributed by atoms with Crippen LogP contribution in [0, 0.1) is 0 Å². The van der Waals surface area contributed by atoms with Gasteiger partial charge in [0.15, 0.2) is 0 Å². The molecule has 0 aromatic heterocycles. The highest BCUT2D eigenvalue weighted by Gasteiger charge is 2.27. The molecule has 0 N–H and O–H groups in total. The summed E-state index contributed by atoms with van der Waals surface area (Å²) in [6.45, 7) is 7.62. The van der Waals surface area contributed by atoms with Crippen LogP contribution in [0.15, 0.2) is 30.3 Å². The van der Waals surface area contributed by atoms with Gasteiger partial charge in [-0.1, -0.05) is 30.3 Å². The topological polar surface area (TPSA) is 38.8 Å². The molecule has 1 aromatic rings. The molecular weight excluding hydrogens is 266 g/mol. The van der Waals surface area contributed by atoms with Crippen LogP contribution < -0.4 is 0 Å². The largest absolute Gasteiger partial charge is 0.444 e. The number of likely N-dealkylation sites (tertiary alicyclic amines) is 1. The molecule has 1 saturated heterocycles. The average Bonchev–Trinajstić information content (AvgIpc) is 2.45. The van der Waals surface area contributed by atoms with Crippen molar-refractivity contribution in [3.8, 4) is 0 Å². The van der Waals surface area contributed by atoms with Crippen LogP contribution >= 0.6 is 0 Å². The third-order valence-corrected chi connectivity index (χ3v) is 3.36. The maximum atomic E-state index is 12.1. The molecule has 1 aliphatic heterocycles. The van der Waals surface area contributed by atoms with Crippen LogP contribution in [0.1, 0.15) is 39.2 Å². The fourth-order valence-electron chi connectivity index (χ4n) is 2.35. The lowest BCUT2D eigenvalue weighted by Crippen LogP contribution is -2.45. The number of nitrogens with zero attached hydrogens (tertiary/aromatic N) is 1. The Labute approximate surface area is 127 Å². The number of hydrogen-bond donors (Lipinski definition) is 0. The number of carbonyl (C=O) groups excluding carboxylic acids is 1. The van der Waals surface area contributed by atoms with Crippen molar-refractivity contribution >= 4 is 6.09 Å². The van der Waals surface area contributed by atoms with E-state index >= 15 is 0 Å². The van der Waals surface area contributed by atoms with Gasteiger partial charge in [0.2, 0.25) is 0 Å². The molecule has 2 rings (SSSR count). The Hall–Kier alpha value is -1.55. The fraction of sp³-hybridized carbons (Fsp3) is 0.588. The zero-order valence-corrected chi connectivity index (χ0v) is 13.2. The van der Waals surface area contributed by atoms with Crippen molar-refractivity contribution in [1.29, 1.82) is 0 Å². The van der Waals surface area contributed by atoms with E-state index in [0.29, 0.717) is 13.2 Å². The predicted octanol–water partition coefficient (Wildman–Crippen LogP) is 3.60. The Bertz CT molecular complexity index is 453. The van der Waals surface area contributed by atoms with Gasteiger partial charge in [0.05, 0.1) is 19.3 Å². The number of amides is 1. The molecule has 0 saturated carbocycles. The first-order valence-corrected chi connectivity index (χ1v) is 7.57. The third-order valence-electron chi connectivity index (χ3n) is 3.36. The summed E-state index contributed by atoms with van der Waals surface area (Å²) in [7, 11) is 0. The zero-order chi connectivity index (χ0) is 15.3. The van der Waals surface area contributed by atoms with E-state index in [1.165, 1.54) is 0 Å². The lowest BCUT2D eigenvalue weighted by Gasteiger charge is -2.34. The van der Waals surface area contributed by atoms with E-state index in [1.807, 2.05) is 39.0 Å². The normalized spacial score (nSPS) is 19.4. The summed E-state index contributed by atoms with van der Waals surface area (Å²) in [6.07, 6.45) is 1.80. The Morgan fingerprint density at radius 1 is 1.29 bits per heavy atom. The molecule has 1 aliphatic rings. The molecule has 1 atom stereocenters. The van der Waals surface area contributed by atoms with Gasteiger partial charge in [0, 0.05) is 6.54 Å². The monoisotopic (exact) mass is 291 g/mol. The molecule has 1 aromatic carbocycles. The predicted molar refractivity (Wildman–Crippen MR) is 82.1 cm³/mol. The van der Waals surface area contributed by atoms with E-state index in [-0.39, 0.29) is 12.2 Å². The van der Waals surface area contributed by atoms with Gasteiger partial charge < -0.3 is 14.4 Å². The standard InChI is InChI=1S/C17H25NO3/c1-17(2,3)21-16(19)18-11-7-10-15(12-18)20-13-14-8-5-4-6-9-14/h4-6,8-9,15H,7,10-13H2,1-3H3/t15-/m0/s1. The highest BCUT2D eigenvalue weighted by molar-refractivity contribution is 5.68. The summed E-state index contributed by atoms with van der Waals surface area (Å²) in [5, 5.41) is 0. The van der Waals surface area contributed by atoms with E-state index in [0.717, 1.165) is 24.9 Å². The Kier molecular flexibility index (Phi) is 5.23. The Morgan fingerprint density at radius 3 is 2.67 bits per heavy atom. The molecule has 1 amide bonds. The van der Waals surface area contributed by atoms with E-state index < -0.39 is 5.60 Å². The van der Waals surface area contributed by atoms with Crippen LogP contribution in [0.25, 0.3) is 0 Å². The van der Waals surface area contributed by atoms with Gasteiger partial charge in [-0.3, -0.25) is 0 Å². The maximum absolute atomic E-state index is 12.1. The van der Waals surface area contributed by atoms with Gasteiger partial charge in [0.25, 0.3) is 0 Å². The fourth-order valence-corrected chi connectivity index (χ4v) is 2.35. The third kappa shape index (κ3) is 5.38. The second kappa shape index (κ2) is 6.94. The highest BCUT2D eigenvalue weighted by Crippen LogP contribution is 2.18. The lowest BCUT2D eigenvalue weighted by atomic mass is 10.1. The Balaban J connectivity index is 1.82. The van der Waals surface area contributed by atoms with Gasteiger partial charge in [-0.15, -0.1) is 0 Å². The minimum atomic E-state index is -0.449. The van der Waals surface area contributed by atoms with Crippen LogP contribution in [0.2, 0.25) is 0 Å². The number of rotatable bonds is 3. The summed E-state index contributed by atoms with van der Waals surface area (Å²) >= 11 is 0. The first-order valence-electron chi connectivity index (χ1n) is 7.57. The average molecular weight is 291 g/mol. The van der Waals surface area contributed by atoms with Crippen LogP contribution in [0.5, 0.6) is 0 Å². The van der Waals surface area contributed by atoms with Gasteiger partial charge in [-0.25, -0.2) is 4.79 Å². The molecule has 1 fully saturated rings. The first kappa shape index (κ1) is 15.8. The van der Waals surface area contributed by atoms with Crippen LogP contribution in [0.4, 0.5) is 4.79 Å². The number of benzene rings is 1. The Morgan fingerprint density at radius 2 is 2.00 bits per heavy atom. The van der Waals surface area contributed by atoms with Crippen molar-refractivity contribution < 1.29 is 14.3 Å². The van der Waals surface area contributed by atoms with Gasteiger partial charge in [-0.2, -0.15) is 0 Å². The van der Waals surface area contributed by atoms with Crippen molar-refractivity contribution in [2.45, 2.75) is 51.9 Å². The second-order valence-electron chi connectivity index (χ2n) is 6.49. The summed E-state index contributed by atoms with van der Waals surface area (Å²) in [5.41, 5.74) is 0.710. The molecule has 4 nitrogen and oxygen atoms in total. The number of ether oxygens (including phenoxy) is 2. The van der Waals surface area contributed by atoms with E-state index in [2.05, 4.69) is 12.1 Å². The highest BCUT2D eigenvalue weighted by atomic mass is 16.6. The molecule has 0 bridgehead atoms. The molecule has 21 heavy (non-hydrogen) atoms. The van der Waals surface area contributed by atoms with Crippen LogP contribution in [0.3, 0.4) is 0 Å². The summed E-state index contributed by atoms with van der Waals surface area (Å²) in [6, 6.07) is 10.1. The summed E-state index contributed by atoms with van der Waals surface area (Å²) in [5.74, 6) is 0. The molecule has 0 radical (unpaired) electrons. The lowest BCUT2D eigenvalue weighted by molar-refractivity contribution is -0.0258. The first-order chi connectivity index (χ1) is 9.94. The summed E-state index contributed by atoms with van der Waals surface area (Å²) < 4.78 is 11.3. The molecule has 116 valence electrons. The second-order valence-corrected chi connectivity index (χ2v) is 6.49. The van der Waals surface area contributed by atoms with E-state index in [4.69, 9.17) is 9.47 Å².